The molecule has 6 nitrogen and oxygen atoms in total. The maximum absolute atomic E-state index is 13.0. The molecule has 0 fully saturated rings. The van der Waals surface area contributed by atoms with Gasteiger partial charge < -0.3 is 18.9 Å². The van der Waals surface area contributed by atoms with Crippen molar-refractivity contribution in [2.45, 2.75) is 13.1 Å². The van der Waals surface area contributed by atoms with Crippen molar-refractivity contribution in [3.63, 3.8) is 0 Å². The van der Waals surface area contributed by atoms with Crippen LogP contribution in [0.1, 0.15) is 27.0 Å². The highest BCUT2D eigenvalue weighted by molar-refractivity contribution is 6.15. The molecule has 6 heteroatoms. The molecule has 0 unspecified atom stereocenters. The van der Waals surface area contributed by atoms with Crippen LogP contribution in [0.4, 0.5) is 0 Å². The van der Waals surface area contributed by atoms with Crippen molar-refractivity contribution in [1.29, 1.82) is 0 Å². The molecule has 6 rings (SSSR count). The van der Waals surface area contributed by atoms with Crippen molar-refractivity contribution in [1.82, 2.24) is 4.90 Å². The second-order valence-electron chi connectivity index (χ2n) is 7.72. The molecule has 31 heavy (non-hydrogen) atoms. The van der Waals surface area contributed by atoms with Gasteiger partial charge in [-0.25, -0.2) is 0 Å². The summed E-state index contributed by atoms with van der Waals surface area (Å²) in [5.41, 5.74) is 3.50. The van der Waals surface area contributed by atoms with Crippen LogP contribution in [0.15, 0.2) is 66.4 Å². The van der Waals surface area contributed by atoms with E-state index in [-0.39, 0.29) is 12.6 Å². The summed E-state index contributed by atoms with van der Waals surface area (Å²) in [5, 5.41) is 0. The van der Waals surface area contributed by atoms with Gasteiger partial charge in [-0.3, -0.25) is 9.69 Å². The van der Waals surface area contributed by atoms with E-state index < -0.39 is 0 Å². The molecule has 0 radical (unpaired) electrons. The van der Waals surface area contributed by atoms with Crippen molar-refractivity contribution in [2.24, 2.45) is 0 Å². The number of rotatable bonds is 3. The van der Waals surface area contributed by atoms with Gasteiger partial charge in [-0.2, -0.15) is 0 Å². The van der Waals surface area contributed by atoms with E-state index in [9.17, 15) is 4.79 Å². The summed E-state index contributed by atoms with van der Waals surface area (Å²) in [6.45, 7) is 2.12. The number of carbonyl (C=O) groups is 1. The van der Waals surface area contributed by atoms with Crippen LogP contribution < -0.4 is 18.9 Å². The first-order chi connectivity index (χ1) is 15.2. The summed E-state index contributed by atoms with van der Waals surface area (Å²) >= 11 is 0. The van der Waals surface area contributed by atoms with E-state index >= 15 is 0 Å². The van der Waals surface area contributed by atoms with Gasteiger partial charge in [0.05, 0.1) is 11.1 Å². The fraction of sp³-hybridized carbons (Fsp3) is 0.160. The summed E-state index contributed by atoms with van der Waals surface area (Å²) in [6.07, 6.45) is 1.74. The van der Waals surface area contributed by atoms with E-state index in [1.54, 1.807) is 12.1 Å². The quantitative estimate of drug-likeness (QED) is 0.594. The molecule has 0 spiro atoms. The molecule has 3 aromatic carbocycles. The van der Waals surface area contributed by atoms with Gasteiger partial charge >= 0.3 is 0 Å². The number of benzene rings is 3. The van der Waals surface area contributed by atoms with Gasteiger partial charge in [0.15, 0.2) is 17.3 Å². The van der Waals surface area contributed by atoms with Crippen molar-refractivity contribution in [3.8, 4) is 23.0 Å². The zero-order valence-electron chi connectivity index (χ0n) is 16.7. The Kier molecular flexibility index (Phi) is 4.18. The highest BCUT2D eigenvalue weighted by Gasteiger charge is 2.33. The largest absolute Gasteiger partial charge is 0.478 e. The van der Waals surface area contributed by atoms with Gasteiger partial charge in [0.2, 0.25) is 12.6 Å². The fourth-order valence-corrected chi connectivity index (χ4v) is 4.10. The third-order valence-corrected chi connectivity index (χ3v) is 5.63. The molecule has 154 valence electrons. The van der Waals surface area contributed by atoms with E-state index in [4.69, 9.17) is 18.9 Å². The molecule has 3 aliphatic rings. The van der Waals surface area contributed by atoms with E-state index in [0.717, 1.165) is 23.4 Å². The maximum atomic E-state index is 13.0. The summed E-state index contributed by atoms with van der Waals surface area (Å²) in [6, 6.07) is 19.4. The summed E-state index contributed by atoms with van der Waals surface area (Å²) in [7, 11) is 0. The number of allylic oxidation sites excluding steroid dienone is 1. The summed E-state index contributed by atoms with van der Waals surface area (Å²) in [4.78, 5) is 15.2. The molecule has 0 aliphatic carbocycles. The maximum Gasteiger partial charge on any atom is 0.231 e. The van der Waals surface area contributed by atoms with Crippen molar-refractivity contribution in [3.05, 3.63) is 88.7 Å². The number of Topliss-reactive ketones (excluding diaryl/α,β-unsaturated/α-hetero) is 1. The molecule has 0 saturated carbocycles. The Morgan fingerprint density at radius 2 is 1.74 bits per heavy atom. The number of ketones is 1. The van der Waals surface area contributed by atoms with Gasteiger partial charge in [-0.15, -0.1) is 0 Å². The van der Waals surface area contributed by atoms with Crippen molar-refractivity contribution < 1.29 is 23.7 Å². The highest BCUT2D eigenvalue weighted by atomic mass is 16.7. The van der Waals surface area contributed by atoms with E-state index in [0.29, 0.717) is 41.8 Å². The first kappa shape index (κ1) is 18.0. The Morgan fingerprint density at radius 3 is 2.65 bits per heavy atom. The van der Waals surface area contributed by atoms with E-state index in [1.807, 2.05) is 42.5 Å². The average molecular weight is 413 g/mol. The lowest BCUT2D eigenvalue weighted by atomic mass is 10.0. The van der Waals surface area contributed by atoms with Gasteiger partial charge in [0, 0.05) is 13.1 Å². The number of nitrogens with zero attached hydrogens (tertiary/aromatic N) is 1. The summed E-state index contributed by atoms with van der Waals surface area (Å²) < 4.78 is 22.8. The van der Waals surface area contributed by atoms with E-state index in [2.05, 4.69) is 17.0 Å². The van der Waals surface area contributed by atoms with Gasteiger partial charge in [0.1, 0.15) is 18.2 Å². The molecule has 3 heterocycles. The third kappa shape index (κ3) is 3.21. The number of hydrogen-bond donors (Lipinski definition) is 0. The lowest BCUT2D eigenvalue weighted by Gasteiger charge is -2.29. The minimum atomic E-state index is -0.129. The van der Waals surface area contributed by atoms with Crippen LogP contribution in [0.5, 0.6) is 23.0 Å². The van der Waals surface area contributed by atoms with Crippen molar-refractivity contribution >= 4 is 11.9 Å². The molecule has 0 atom stereocenters. The zero-order chi connectivity index (χ0) is 20.8. The zero-order valence-corrected chi connectivity index (χ0v) is 16.7. The van der Waals surface area contributed by atoms with Gasteiger partial charge in [0.25, 0.3) is 0 Å². The first-order valence-electron chi connectivity index (χ1n) is 10.1. The van der Waals surface area contributed by atoms with Crippen molar-refractivity contribution in [2.75, 3.05) is 13.5 Å². The minimum absolute atomic E-state index is 0.129. The van der Waals surface area contributed by atoms with Crippen LogP contribution in [-0.2, 0) is 13.1 Å². The SMILES string of the molecule is O=C1/C(=C/c2ccc3c(c2)OCO3)Oc2c1ccc1c2CN(Cc2ccccc2)CO1. The Morgan fingerprint density at radius 1 is 0.903 bits per heavy atom. The monoisotopic (exact) mass is 413 g/mol. The van der Waals surface area contributed by atoms with Crippen LogP contribution in [0.25, 0.3) is 6.08 Å². The third-order valence-electron chi connectivity index (χ3n) is 5.63. The molecule has 0 aromatic heterocycles. The van der Waals surface area contributed by atoms with Crippen LogP contribution in [0, 0.1) is 0 Å². The first-order valence-corrected chi connectivity index (χ1v) is 10.1. The Bertz CT molecular complexity index is 1220. The molecule has 0 saturated heterocycles. The number of ether oxygens (including phenoxy) is 4. The molecule has 0 N–H and O–H groups in total. The topological polar surface area (TPSA) is 57.2 Å². The number of hydrogen-bond acceptors (Lipinski definition) is 6. The normalized spacial score (nSPS) is 17.8. The number of carbonyl (C=O) groups excluding carboxylic acids is 1. The molecular weight excluding hydrogens is 394 g/mol. The predicted molar refractivity (Wildman–Crippen MR) is 113 cm³/mol. The second kappa shape index (κ2) is 7.18. The van der Waals surface area contributed by atoms with Gasteiger partial charge in [-0.05, 0) is 41.5 Å². The van der Waals surface area contributed by atoms with Crippen LogP contribution in [0.2, 0.25) is 0 Å². The minimum Gasteiger partial charge on any atom is -0.478 e. The van der Waals surface area contributed by atoms with Crippen LogP contribution in [-0.4, -0.2) is 24.2 Å². The smallest absolute Gasteiger partial charge is 0.231 e. The fourth-order valence-electron chi connectivity index (χ4n) is 4.10. The lowest BCUT2D eigenvalue weighted by molar-refractivity contribution is 0.0873. The standard InChI is InChI=1S/C25H19NO5/c27-24-18-7-9-20-19(13-26(14-28-20)12-16-4-2-1-3-5-16)25(18)31-23(24)11-17-6-8-21-22(10-17)30-15-29-21/h1-11H,12-15H2/b23-11-. The Hall–Kier alpha value is -3.77. The molecule has 3 aromatic rings. The summed E-state index contributed by atoms with van der Waals surface area (Å²) in [5.74, 6) is 2.89. The second-order valence-corrected chi connectivity index (χ2v) is 7.72. The molecular formula is C25H19NO5. The predicted octanol–water partition coefficient (Wildman–Crippen LogP) is 4.38. The van der Waals surface area contributed by atoms with Gasteiger partial charge in [-0.1, -0.05) is 36.4 Å². The Balaban J connectivity index is 1.29. The molecule has 3 aliphatic heterocycles. The average Bonchev–Trinajstić information content (AvgIpc) is 3.39. The Labute approximate surface area is 179 Å². The number of fused-ring (bicyclic) bond motifs is 4. The van der Waals surface area contributed by atoms with E-state index in [1.165, 1.54) is 5.56 Å². The molecule has 0 amide bonds. The highest BCUT2D eigenvalue weighted by Crippen LogP contribution is 2.42. The van der Waals surface area contributed by atoms with Crippen LogP contribution in [0.3, 0.4) is 0 Å². The van der Waals surface area contributed by atoms with Crippen LogP contribution >= 0.6 is 0 Å². The molecule has 0 bridgehead atoms. The lowest BCUT2D eigenvalue weighted by Crippen LogP contribution is -2.31.